The Kier molecular flexibility index (Phi) is 5.98. The summed E-state index contributed by atoms with van der Waals surface area (Å²) in [5, 5.41) is 12.8. The number of halogens is 1. The van der Waals surface area contributed by atoms with Crippen LogP contribution < -0.4 is 5.32 Å². The van der Waals surface area contributed by atoms with Crippen molar-refractivity contribution in [2.75, 3.05) is 5.32 Å². The van der Waals surface area contributed by atoms with Crippen LogP contribution in [-0.4, -0.2) is 30.5 Å². The molecule has 8 heteroatoms. The van der Waals surface area contributed by atoms with E-state index in [0.717, 1.165) is 37.9 Å². The van der Waals surface area contributed by atoms with Gasteiger partial charge in [-0.05, 0) is 64.7 Å². The van der Waals surface area contributed by atoms with Gasteiger partial charge in [0.1, 0.15) is 6.54 Å². The number of aromatic nitrogens is 5. The number of amides is 1. The van der Waals surface area contributed by atoms with Gasteiger partial charge in [-0.25, -0.2) is 9.67 Å². The summed E-state index contributed by atoms with van der Waals surface area (Å²) < 4.78 is 4.46. The number of carbonyl (C=O) groups excluding carboxylic acids is 1. The molecule has 0 radical (unpaired) electrons. The van der Waals surface area contributed by atoms with Crippen LogP contribution in [0.1, 0.15) is 16.8 Å². The molecule has 5 aromatic rings. The average Bonchev–Trinajstić information content (AvgIpc) is 3.38. The quantitative estimate of drug-likeness (QED) is 0.330. The molecule has 170 valence electrons. The van der Waals surface area contributed by atoms with Crippen LogP contribution >= 0.6 is 15.9 Å². The first kappa shape index (κ1) is 22.0. The van der Waals surface area contributed by atoms with Crippen molar-refractivity contribution in [2.45, 2.75) is 26.9 Å². The fourth-order valence-corrected chi connectivity index (χ4v) is 4.34. The molecule has 0 fully saturated rings. The minimum Gasteiger partial charge on any atom is -0.324 e. The van der Waals surface area contributed by atoms with Gasteiger partial charge in [0.2, 0.25) is 5.91 Å². The first-order valence-electron chi connectivity index (χ1n) is 10.9. The molecule has 0 bridgehead atoms. The summed E-state index contributed by atoms with van der Waals surface area (Å²) in [5.41, 5.74) is 6.75. The van der Waals surface area contributed by atoms with Crippen molar-refractivity contribution >= 4 is 38.6 Å². The van der Waals surface area contributed by atoms with Crippen LogP contribution in [-0.2, 0) is 17.9 Å². The highest BCUT2D eigenvalue weighted by molar-refractivity contribution is 9.10. The molecule has 7 nitrogen and oxygen atoms in total. The number of nitrogens with one attached hydrogen (secondary N) is 1. The highest BCUT2D eigenvalue weighted by Crippen LogP contribution is 2.30. The molecule has 0 aliphatic carbocycles. The molecule has 3 aromatic heterocycles. The molecule has 5 rings (SSSR count). The van der Waals surface area contributed by atoms with Gasteiger partial charge in [0.05, 0.1) is 22.9 Å². The molecule has 34 heavy (non-hydrogen) atoms. The maximum Gasteiger partial charge on any atom is 0.246 e. The van der Waals surface area contributed by atoms with Gasteiger partial charge in [-0.15, -0.1) is 0 Å². The molecule has 1 amide bonds. The number of aryl methyl sites for hydroxylation is 2. The van der Waals surface area contributed by atoms with Crippen molar-refractivity contribution < 1.29 is 4.79 Å². The van der Waals surface area contributed by atoms with Gasteiger partial charge >= 0.3 is 0 Å². The van der Waals surface area contributed by atoms with Crippen molar-refractivity contribution in [3.05, 3.63) is 94.5 Å². The van der Waals surface area contributed by atoms with E-state index in [2.05, 4.69) is 67.6 Å². The van der Waals surface area contributed by atoms with Crippen LogP contribution in [0.15, 0.2) is 77.7 Å². The first-order chi connectivity index (χ1) is 16.5. The van der Waals surface area contributed by atoms with Gasteiger partial charge in [0, 0.05) is 23.5 Å². The standard InChI is InChI=1S/C26H23BrN6O/c1-17-3-7-20(8-4-17)23-11-12-28-26-25(23)18(2)31-33(26)16-24(34)30-22-9-5-19(6-10-22)14-32-15-21(27)13-29-32/h3-13,15H,14,16H2,1-2H3,(H,30,34). The lowest BCUT2D eigenvalue weighted by atomic mass is 10.0. The van der Waals surface area contributed by atoms with Gasteiger partial charge in [-0.2, -0.15) is 10.2 Å². The van der Waals surface area contributed by atoms with Crippen LogP contribution in [0, 0.1) is 13.8 Å². The Morgan fingerprint density at radius 3 is 2.50 bits per heavy atom. The number of nitrogens with zero attached hydrogens (tertiary/aromatic N) is 5. The van der Waals surface area contributed by atoms with Crippen molar-refractivity contribution in [1.82, 2.24) is 24.5 Å². The lowest BCUT2D eigenvalue weighted by Crippen LogP contribution is -2.19. The number of hydrogen-bond acceptors (Lipinski definition) is 4. The van der Waals surface area contributed by atoms with Gasteiger partial charge in [-0.1, -0.05) is 42.0 Å². The minimum absolute atomic E-state index is 0.0811. The summed E-state index contributed by atoms with van der Waals surface area (Å²) in [7, 11) is 0. The molecular formula is C26H23BrN6O. The molecule has 0 aliphatic rings. The number of benzene rings is 2. The third-order valence-corrected chi connectivity index (χ3v) is 6.06. The second-order valence-electron chi connectivity index (χ2n) is 8.27. The maximum absolute atomic E-state index is 12.8. The van der Waals surface area contributed by atoms with Crippen molar-refractivity contribution in [3.8, 4) is 11.1 Å². The van der Waals surface area contributed by atoms with Crippen molar-refractivity contribution in [2.24, 2.45) is 0 Å². The zero-order valence-electron chi connectivity index (χ0n) is 18.9. The van der Waals surface area contributed by atoms with Gasteiger partial charge in [-0.3, -0.25) is 9.48 Å². The SMILES string of the molecule is Cc1ccc(-c2ccnc3c2c(C)nn3CC(=O)Nc2ccc(Cn3cc(Br)cn3)cc2)cc1. The minimum atomic E-state index is -0.157. The first-order valence-corrected chi connectivity index (χ1v) is 11.7. The Labute approximate surface area is 205 Å². The number of pyridine rings is 1. The van der Waals surface area contributed by atoms with Gasteiger partial charge in [0.25, 0.3) is 0 Å². The summed E-state index contributed by atoms with van der Waals surface area (Å²) in [6.45, 7) is 4.76. The summed E-state index contributed by atoms with van der Waals surface area (Å²) in [6.07, 6.45) is 5.45. The number of carbonyl (C=O) groups is 1. The normalized spacial score (nSPS) is 11.1. The molecule has 0 spiro atoms. The zero-order chi connectivity index (χ0) is 23.7. The number of anilines is 1. The molecule has 0 aliphatic heterocycles. The third-order valence-electron chi connectivity index (χ3n) is 5.65. The Morgan fingerprint density at radius 1 is 1.03 bits per heavy atom. The Hall–Kier alpha value is -3.78. The van der Waals surface area contributed by atoms with E-state index in [1.54, 1.807) is 17.1 Å². The topological polar surface area (TPSA) is 77.6 Å². The largest absolute Gasteiger partial charge is 0.324 e. The van der Waals surface area contributed by atoms with Crippen LogP contribution in [0.25, 0.3) is 22.2 Å². The second-order valence-corrected chi connectivity index (χ2v) is 9.18. The zero-order valence-corrected chi connectivity index (χ0v) is 20.5. The average molecular weight is 515 g/mol. The number of hydrogen-bond donors (Lipinski definition) is 1. The highest BCUT2D eigenvalue weighted by atomic mass is 79.9. The Balaban J connectivity index is 1.32. The summed E-state index contributed by atoms with van der Waals surface area (Å²) in [5.74, 6) is -0.157. The molecule has 0 saturated heterocycles. The third kappa shape index (κ3) is 4.63. The van der Waals surface area contributed by atoms with E-state index in [0.29, 0.717) is 12.2 Å². The molecule has 0 atom stereocenters. The van der Waals surface area contributed by atoms with Crippen molar-refractivity contribution in [1.29, 1.82) is 0 Å². The van der Waals surface area contributed by atoms with E-state index < -0.39 is 0 Å². The summed E-state index contributed by atoms with van der Waals surface area (Å²) in [4.78, 5) is 17.3. The van der Waals surface area contributed by atoms with Crippen LogP contribution in [0.4, 0.5) is 5.69 Å². The predicted molar refractivity (Wildman–Crippen MR) is 137 cm³/mol. The fourth-order valence-electron chi connectivity index (χ4n) is 4.01. The lowest BCUT2D eigenvalue weighted by Gasteiger charge is -2.08. The summed E-state index contributed by atoms with van der Waals surface area (Å²) >= 11 is 3.40. The predicted octanol–water partition coefficient (Wildman–Crippen LogP) is 5.36. The van der Waals surface area contributed by atoms with E-state index in [4.69, 9.17) is 0 Å². The van der Waals surface area contributed by atoms with E-state index in [1.807, 2.05) is 48.1 Å². The number of fused-ring (bicyclic) bond motifs is 1. The van der Waals surface area contributed by atoms with Crippen molar-refractivity contribution in [3.63, 3.8) is 0 Å². The Bertz CT molecular complexity index is 1470. The molecule has 0 unspecified atom stereocenters. The van der Waals surface area contributed by atoms with E-state index >= 15 is 0 Å². The molecule has 2 aromatic carbocycles. The summed E-state index contributed by atoms with van der Waals surface area (Å²) in [6, 6.07) is 18.1. The van der Waals surface area contributed by atoms with Crippen LogP contribution in [0.3, 0.4) is 0 Å². The maximum atomic E-state index is 12.8. The van der Waals surface area contributed by atoms with Gasteiger partial charge in [0.15, 0.2) is 5.65 Å². The van der Waals surface area contributed by atoms with Gasteiger partial charge < -0.3 is 5.32 Å². The van der Waals surface area contributed by atoms with Crippen LogP contribution in [0.5, 0.6) is 0 Å². The molecular weight excluding hydrogens is 492 g/mol. The highest BCUT2D eigenvalue weighted by Gasteiger charge is 2.16. The number of rotatable bonds is 6. The monoisotopic (exact) mass is 514 g/mol. The lowest BCUT2D eigenvalue weighted by molar-refractivity contribution is -0.116. The molecule has 1 N–H and O–H groups in total. The second kappa shape index (κ2) is 9.23. The fraction of sp³-hybridized carbons (Fsp3) is 0.154. The van der Waals surface area contributed by atoms with E-state index in [1.165, 1.54) is 5.56 Å². The smallest absolute Gasteiger partial charge is 0.246 e. The Morgan fingerprint density at radius 2 is 1.79 bits per heavy atom. The van der Waals surface area contributed by atoms with E-state index in [9.17, 15) is 4.79 Å². The van der Waals surface area contributed by atoms with Crippen LogP contribution in [0.2, 0.25) is 0 Å². The molecule has 0 saturated carbocycles. The van der Waals surface area contributed by atoms with E-state index in [-0.39, 0.29) is 12.5 Å². The molecule has 3 heterocycles.